The lowest BCUT2D eigenvalue weighted by Gasteiger charge is -2.15. The van der Waals surface area contributed by atoms with Crippen LogP contribution in [0.15, 0.2) is 23.3 Å². The fraction of sp³-hybridized carbons (Fsp3) is 0.455. The zero-order valence-corrected chi connectivity index (χ0v) is 10.8. The predicted octanol–water partition coefficient (Wildman–Crippen LogP) is 2.82. The minimum absolute atomic E-state index is 0.124. The highest BCUT2D eigenvalue weighted by Crippen LogP contribution is 2.83. The number of hydrogen-bond donors (Lipinski definition) is 0. The Hall–Kier alpha value is -0.580. The molecule has 0 saturated heterocycles. The topological polar surface area (TPSA) is 47.6 Å². The number of hydrogen-bond acceptors (Lipinski definition) is 2. The largest absolute Gasteiger partial charge is 0.193 e. The van der Waals surface area contributed by atoms with E-state index in [1.54, 1.807) is 0 Å². The van der Waals surface area contributed by atoms with Gasteiger partial charge in [-0.15, -0.1) is 0 Å². The van der Waals surface area contributed by atoms with Crippen LogP contribution in [-0.4, -0.2) is 9.65 Å². The molecule has 3 aliphatic carbocycles. The van der Waals surface area contributed by atoms with Crippen molar-refractivity contribution >= 4 is 31.9 Å². The van der Waals surface area contributed by atoms with Gasteiger partial charge in [0.15, 0.2) is 0 Å². The van der Waals surface area contributed by atoms with E-state index >= 15 is 0 Å². The van der Waals surface area contributed by atoms with Crippen molar-refractivity contribution in [3.63, 3.8) is 0 Å². The van der Waals surface area contributed by atoms with Crippen molar-refractivity contribution < 1.29 is 0 Å². The van der Waals surface area contributed by atoms with Crippen molar-refractivity contribution in [3.8, 4) is 12.1 Å². The van der Waals surface area contributed by atoms with Crippen LogP contribution in [0.2, 0.25) is 0 Å². The molecule has 2 nitrogen and oxygen atoms in total. The number of allylic oxidation sites excluding steroid dienone is 4. The van der Waals surface area contributed by atoms with Crippen LogP contribution in [0.4, 0.5) is 0 Å². The number of nitrogens with zero attached hydrogens (tertiary/aromatic N) is 2. The Balaban J connectivity index is 2.19. The van der Waals surface area contributed by atoms with Crippen molar-refractivity contribution in [2.75, 3.05) is 0 Å². The quantitative estimate of drug-likeness (QED) is 0.643. The third kappa shape index (κ3) is 0.747. The molecule has 74 valence electrons. The van der Waals surface area contributed by atoms with E-state index in [2.05, 4.69) is 44.0 Å². The van der Waals surface area contributed by atoms with E-state index < -0.39 is 0 Å². The van der Waals surface area contributed by atoms with Crippen molar-refractivity contribution in [1.29, 1.82) is 10.5 Å². The van der Waals surface area contributed by atoms with Gasteiger partial charge in [0, 0.05) is 31.6 Å². The van der Waals surface area contributed by atoms with Gasteiger partial charge in [-0.1, -0.05) is 44.0 Å². The summed E-state index contributed by atoms with van der Waals surface area (Å²) in [6, 6.07) is 4.55. The predicted molar refractivity (Wildman–Crippen MR) is 62.3 cm³/mol. The summed E-state index contributed by atoms with van der Waals surface area (Å²) in [6.45, 7) is 0. The molecule has 0 aromatic heterocycles. The maximum atomic E-state index is 9.13. The monoisotopic (exact) mass is 324 g/mol. The van der Waals surface area contributed by atoms with Crippen LogP contribution in [0.3, 0.4) is 0 Å². The maximum absolute atomic E-state index is 9.13. The molecule has 3 aliphatic rings. The molecule has 0 radical (unpaired) electrons. The van der Waals surface area contributed by atoms with E-state index in [1.165, 1.54) is 0 Å². The molecular formula is C11H6Br2N2. The summed E-state index contributed by atoms with van der Waals surface area (Å²) in [5, 5.41) is 18.3. The van der Waals surface area contributed by atoms with Crippen LogP contribution in [0, 0.1) is 33.5 Å². The van der Waals surface area contributed by atoms with Gasteiger partial charge in [0.05, 0.1) is 12.1 Å². The number of halogens is 2. The van der Waals surface area contributed by atoms with Gasteiger partial charge in [0.1, 0.15) is 0 Å². The van der Waals surface area contributed by atoms with Crippen LogP contribution in [-0.2, 0) is 0 Å². The Labute approximate surface area is 105 Å². The van der Waals surface area contributed by atoms with Gasteiger partial charge in [-0.2, -0.15) is 10.5 Å². The normalized spacial score (nSPS) is 49.6. The van der Waals surface area contributed by atoms with Crippen molar-refractivity contribution in [2.24, 2.45) is 10.8 Å². The second kappa shape index (κ2) is 2.56. The minimum Gasteiger partial charge on any atom is -0.193 e. The molecule has 1 fully saturated rings. The van der Waals surface area contributed by atoms with E-state index in [9.17, 15) is 0 Å². The zero-order chi connectivity index (χ0) is 10.8. The molecule has 0 bridgehead atoms. The molecule has 0 aliphatic heterocycles. The van der Waals surface area contributed by atoms with E-state index in [0.29, 0.717) is 0 Å². The molecule has 4 unspecified atom stereocenters. The molecule has 15 heavy (non-hydrogen) atoms. The Morgan fingerprint density at radius 3 is 1.80 bits per heavy atom. The summed E-state index contributed by atoms with van der Waals surface area (Å²) >= 11 is 7.18. The van der Waals surface area contributed by atoms with Gasteiger partial charge in [0.2, 0.25) is 0 Å². The van der Waals surface area contributed by atoms with Gasteiger partial charge < -0.3 is 0 Å². The lowest BCUT2D eigenvalue weighted by Crippen LogP contribution is -2.18. The van der Waals surface area contributed by atoms with Crippen LogP contribution >= 0.6 is 31.9 Å². The molecule has 0 N–H and O–H groups in total. The molecule has 0 heterocycles. The van der Waals surface area contributed by atoms with E-state index in [4.69, 9.17) is 10.5 Å². The van der Waals surface area contributed by atoms with Crippen molar-refractivity contribution in [3.05, 3.63) is 23.3 Å². The first kappa shape index (κ1) is 9.63. The Kier molecular flexibility index (Phi) is 1.65. The van der Waals surface area contributed by atoms with Crippen LogP contribution in [0.5, 0.6) is 0 Å². The summed E-state index contributed by atoms with van der Waals surface area (Å²) in [7, 11) is 0. The second-order valence-corrected chi connectivity index (χ2v) is 6.28. The number of rotatable bonds is 0. The van der Waals surface area contributed by atoms with Crippen LogP contribution in [0.25, 0.3) is 0 Å². The zero-order valence-electron chi connectivity index (χ0n) is 7.67. The highest BCUT2D eigenvalue weighted by molar-refractivity contribution is 9.10. The van der Waals surface area contributed by atoms with E-state index in [0.717, 1.165) is 17.6 Å². The summed E-state index contributed by atoms with van der Waals surface area (Å²) in [6.07, 6.45) is 4.84. The smallest absolute Gasteiger partial charge is 0.0951 e. The molecule has 0 aromatic rings. The third-order valence-electron chi connectivity index (χ3n) is 4.00. The maximum Gasteiger partial charge on any atom is 0.0951 e. The first-order valence-electron chi connectivity index (χ1n) is 4.66. The standard InChI is InChI=1S/C11H6Br2N2/c12-8-1-6(3-14)10-5-11(8,10)7(4-15)2-9(10)13/h1-2,8-9H,5H2. The molecule has 4 heteroatoms. The average molecular weight is 326 g/mol. The highest BCUT2D eigenvalue weighted by atomic mass is 79.9. The summed E-state index contributed by atoms with van der Waals surface area (Å²) in [5.74, 6) is 0. The minimum atomic E-state index is -0.124. The van der Waals surface area contributed by atoms with Crippen molar-refractivity contribution in [1.82, 2.24) is 0 Å². The van der Waals surface area contributed by atoms with Gasteiger partial charge in [-0.25, -0.2) is 0 Å². The van der Waals surface area contributed by atoms with Crippen LogP contribution < -0.4 is 0 Å². The molecule has 0 aromatic carbocycles. The molecule has 0 amide bonds. The summed E-state index contributed by atoms with van der Waals surface area (Å²) < 4.78 is 0. The average Bonchev–Trinajstić information content (AvgIpc) is 2.81. The summed E-state index contributed by atoms with van der Waals surface area (Å²) in [5.41, 5.74) is 1.41. The first-order valence-corrected chi connectivity index (χ1v) is 6.49. The molecule has 0 spiro atoms. The molecule has 3 rings (SSSR count). The lowest BCUT2D eigenvalue weighted by molar-refractivity contribution is 0.550. The lowest BCUT2D eigenvalue weighted by atomic mass is 9.91. The van der Waals surface area contributed by atoms with Crippen molar-refractivity contribution in [2.45, 2.75) is 16.1 Å². The van der Waals surface area contributed by atoms with Gasteiger partial charge in [-0.05, 0) is 6.42 Å². The number of nitriles is 2. The third-order valence-corrected chi connectivity index (χ3v) is 6.09. The van der Waals surface area contributed by atoms with Gasteiger partial charge in [0.25, 0.3) is 0 Å². The fourth-order valence-corrected chi connectivity index (χ4v) is 5.36. The molecular weight excluding hydrogens is 320 g/mol. The Morgan fingerprint density at radius 1 is 1.07 bits per heavy atom. The fourth-order valence-electron chi connectivity index (χ4n) is 3.20. The summed E-state index contributed by atoms with van der Waals surface area (Å²) in [4.78, 5) is 0.265. The van der Waals surface area contributed by atoms with E-state index in [-0.39, 0.29) is 20.5 Å². The highest BCUT2D eigenvalue weighted by Gasteiger charge is 2.81. The van der Waals surface area contributed by atoms with Crippen LogP contribution in [0.1, 0.15) is 6.42 Å². The second-order valence-electron chi connectivity index (χ2n) is 4.31. The molecule has 1 saturated carbocycles. The van der Waals surface area contributed by atoms with Gasteiger partial charge in [-0.3, -0.25) is 0 Å². The SMILES string of the molecule is N#CC1=CC(Br)C23CC12C(Br)C=C3C#N. The Bertz CT molecular complexity index is 462. The van der Waals surface area contributed by atoms with E-state index in [1.807, 2.05) is 12.2 Å². The number of alkyl halides is 2. The molecule has 4 atom stereocenters. The van der Waals surface area contributed by atoms with Gasteiger partial charge >= 0.3 is 0 Å². The first-order chi connectivity index (χ1) is 7.13. The Morgan fingerprint density at radius 2 is 1.47 bits per heavy atom.